The molecule has 2 aliphatic rings. The molecule has 1 unspecified atom stereocenters. The average Bonchev–Trinajstić information content (AvgIpc) is 2.93. The molecule has 3 heterocycles. The molecule has 132 valence electrons. The number of rotatable bonds is 2. The zero-order chi connectivity index (χ0) is 17.8. The van der Waals surface area contributed by atoms with Crippen LogP contribution in [0.5, 0.6) is 0 Å². The van der Waals surface area contributed by atoms with Gasteiger partial charge in [-0.25, -0.2) is 19.7 Å². The van der Waals surface area contributed by atoms with Crippen LogP contribution in [0.3, 0.4) is 0 Å². The Bertz CT molecular complexity index is 813. The third kappa shape index (κ3) is 2.76. The molecule has 1 saturated carbocycles. The molecule has 2 aromatic rings. The third-order valence-electron chi connectivity index (χ3n) is 4.79. The Kier molecular flexibility index (Phi) is 3.54. The van der Waals surface area contributed by atoms with Crippen LogP contribution in [-0.2, 0) is 10.3 Å². The van der Waals surface area contributed by atoms with E-state index >= 15 is 0 Å². The highest BCUT2D eigenvalue weighted by Crippen LogP contribution is 2.62. The number of carbonyl (C=O) groups is 1. The summed E-state index contributed by atoms with van der Waals surface area (Å²) in [4.78, 5) is 30.3. The largest absolute Gasteiger partial charge is 0.444 e. The molecule has 2 atom stereocenters. The number of nitrogens with one attached hydrogen (secondary N) is 1. The van der Waals surface area contributed by atoms with Crippen molar-refractivity contribution < 1.29 is 9.53 Å². The lowest BCUT2D eigenvalue weighted by atomic mass is 10.2. The fraction of sp³-hybridized carbons (Fsp3) is 0.529. The molecule has 0 spiro atoms. The Morgan fingerprint density at radius 2 is 2.04 bits per heavy atom. The van der Waals surface area contributed by atoms with Gasteiger partial charge in [0.1, 0.15) is 17.0 Å². The zero-order valence-electron chi connectivity index (χ0n) is 14.4. The number of aromatic amines is 1. The molecule has 8 heteroatoms. The summed E-state index contributed by atoms with van der Waals surface area (Å²) in [6, 6.07) is 0. The number of halogens is 1. The van der Waals surface area contributed by atoms with Gasteiger partial charge in [-0.05, 0) is 51.1 Å². The van der Waals surface area contributed by atoms with E-state index in [-0.39, 0.29) is 16.9 Å². The van der Waals surface area contributed by atoms with Crippen molar-refractivity contribution in [3.8, 4) is 11.3 Å². The molecule has 0 radical (unpaired) electrons. The smallest absolute Gasteiger partial charge is 0.411 e. The first-order valence-corrected chi connectivity index (χ1v) is 8.71. The lowest BCUT2D eigenvalue weighted by molar-refractivity contribution is 0.0162. The van der Waals surface area contributed by atoms with E-state index in [1.54, 1.807) is 18.6 Å². The van der Waals surface area contributed by atoms with Gasteiger partial charge in [0.05, 0.1) is 11.9 Å². The van der Waals surface area contributed by atoms with Gasteiger partial charge in [-0.3, -0.25) is 4.90 Å². The minimum atomic E-state index is -0.514. The molecule has 1 amide bonds. The molecule has 2 fully saturated rings. The first kappa shape index (κ1) is 16.3. The van der Waals surface area contributed by atoms with Crippen molar-refractivity contribution in [1.82, 2.24) is 24.8 Å². The van der Waals surface area contributed by atoms with E-state index in [1.165, 1.54) is 0 Å². The minimum Gasteiger partial charge on any atom is -0.444 e. The SMILES string of the molecule is CC(C)(C)OC(=O)N1CC[C@H]2CC21c1ncc(-c2cnc(Cl)nc2)[nH]1. The molecule has 2 aromatic heterocycles. The van der Waals surface area contributed by atoms with E-state index in [0.29, 0.717) is 12.5 Å². The van der Waals surface area contributed by atoms with Crippen molar-refractivity contribution in [2.75, 3.05) is 6.54 Å². The number of carbonyl (C=O) groups excluding carboxylic acids is 1. The standard InChI is InChI=1S/C17H20ClN5O2/c1-16(2,3)25-15(24)23-5-4-11-6-17(11,23)13-19-9-12(22-13)10-7-20-14(18)21-8-10/h7-9,11H,4-6H2,1-3H3,(H,19,22)/t11-,17?/m0/s1. The van der Waals surface area contributed by atoms with Crippen molar-refractivity contribution in [1.29, 1.82) is 0 Å². The first-order valence-electron chi connectivity index (χ1n) is 8.33. The molecular formula is C17H20ClN5O2. The first-order chi connectivity index (χ1) is 11.8. The van der Waals surface area contributed by atoms with E-state index in [9.17, 15) is 4.79 Å². The predicted molar refractivity (Wildman–Crippen MR) is 92.0 cm³/mol. The Balaban J connectivity index is 1.61. The number of hydrogen-bond acceptors (Lipinski definition) is 5. The lowest BCUT2D eigenvalue weighted by Crippen LogP contribution is -2.42. The van der Waals surface area contributed by atoms with Crippen LogP contribution in [0.4, 0.5) is 4.79 Å². The maximum absolute atomic E-state index is 12.6. The second-order valence-electron chi connectivity index (χ2n) is 7.63. The Morgan fingerprint density at radius 1 is 1.32 bits per heavy atom. The Morgan fingerprint density at radius 3 is 2.68 bits per heavy atom. The number of amides is 1. The van der Waals surface area contributed by atoms with Crippen LogP contribution in [-0.4, -0.2) is 43.1 Å². The highest BCUT2D eigenvalue weighted by atomic mass is 35.5. The van der Waals surface area contributed by atoms with Gasteiger partial charge >= 0.3 is 6.09 Å². The fourth-order valence-electron chi connectivity index (χ4n) is 3.60. The summed E-state index contributed by atoms with van der Waals surface area (Å²) in [6.07, 6.45) is 6.65. The number of H-pyrrole nitrogens is 1. The molecule has 0 aromatic carbocycles. The second-order valence-corrected chi connectivity index (χ2v) is 7.97. The maximum atomic E-state index is 12.6. The van der Waals surface area contributed by atoms with Crippen LogP contribution in [0.2, 0.25) is 5.28 Å². The van der Waals surface area contributed by atoms with Crippen LogP contribution in [0.25, 0.3) is 11.3 Å². The molecule has 1 N–H and O–H groups in total. The van der Waals surface area contributed by atoms with Gasteiger partial charge in [0, 0.05) is 24.5 Å². The van der Waals surface area contributed by atoms with Crippen LogP contribution in [0.1, 0.15) is 39.4 Å². The molecule has 7 nitrogen and oxygen atoms in total. The van der Waals surface area contributed by atoms with E-state index in [1.807, 2.05) is 25.7 Å². The van der Waals surface area contributed by atoms with Gasteiger partial charge in [-0.2, -0.15) is 0 Å². The molecular weight excluding hydrogens is 342 g/mol. The molecule has 1 saturated heterocycles. The number of ether oxygens (including phenoxy) is 1. The topological polar surface area (TPSA) is 84.0 Å². The van der Waals surface area contributed by atoms with Crippen molar-refractivity contribution in [2.24, 2.45) is 5.92 Å². The normalized spacial score (nSPS) is 25.0. The zero-order valence-corrected chi connectivity index (χ0v) is 15.2. The quantitative estimate of drug-likeness (QED) is 0.829. The summed E-state index contributed by atoms with van der Waals surface area (Å²) >= 11 is 5.74. The molecule has 1 aliphatic carbocycles. The van der Waals surface area contributed by atoms with Gasteiger partial charge in [0.15, 0.2) is 0 Å². The number of aromatic nitrogens is 4. The molecule has 25 heavy (non-hydrogen) atoms. The van der Waals surface area contributed by atoms with Gasteiger partial charge in [0.25, 0.3) is 0 Å². The van der Waals surface area contributed by atoms with Crippen LogP contribution >= 0.6 is 11.6 Å². The fourth-order valence-corrected chi connectivity index (χ4v) is 3.70. The van der Waals surface area contributed by atoms with Crippen molar-refractivity contribution >= 4 is 17.7 Å². The van der Waals surface area contributed by atoms with Gasteiger partial charge in [0.2, 0.25) is 5.28 Å². The van der Waals surface area contributed by atoms with Crippen LogP contribution in [0, 0.1) is 5.92 Å². The Hall–Kier alpha value is -2.15. The number of piperidine rings is 1. The number of likely N-dealkylation sites (tertiary alicyclic amines) is 1. The summed E-state index contributed by atoms with van der Waals surface area (Å²) in [7, 11) is 0. The van der Waals surface area contributed by atoms with E-state index < -0.39 is 5.60 Å². The summed E-state index contributed by atoms with van der Waals surface area (Å²) in [6.45, 7) is 6.33. The highest BCUT2D eigenvalue weighted by molar-refractivity contribution is 6.28. The third-order valence-corrected chi connectivity index (χ3v) is 4.98. The minimum absolute atomic E-state index is 0.205. The maximum Gasteiger partial charge on any atom is 0.411 e. The van der Waals surface area contributed by atoms with Crippen molar-refractivity contribution in [3.05, 3.63) is 29.7 Å². The summed E-state index contributed by atoms with van der Waals surface area (Å²) in [5.74, 6) is 1.23. The predicted octanol–water partition coefficient (Wildman–Crippen LogP) is 3.38. The van der Waals surface area contributed by atoms with Gasteiger partial charge in [-0.15, -0.1) is 0 Å². The van der Waals surface area contributed by atoms with Crippen molar-refractivity contribution in [3.63, 3.8) is 0 Å². The Labute approximate surface area is 150 Å². The highest BCUT2D eigenvalue weighted by Gasteiger charge is 2.67. The number of nitrogens with zero attached hydrogens (tertiary/aromatic N) is 4. The van der Waals surface area contributed by atoms with Gasteiger partial charge in [-0.1, -0.05) is 0 Å². The van der Waals surface area contributed by atoms with E-state index in [4.69, 9.17) is 16.3 Å². The number of hydrogen-bond donors (Lipinski definition) is 1. The van der Waals surface area contributed by atoms with Crippen molar-refractivity contribution in [2.45, 2.75) is 44.8 Å². The number of fused-ring (bicyclic) bond motifs is 1. The monoisotopic (exact) mass is 361 g/mol. The van der Waals surface area contributed by atoms with Crippen LogP contribution in [0.15, 0.2) is 18.6 Å². The molecule has 0 bridgehead atoms. The second kappa shape index (κ2) is 5.42. The summed E-state index contributed by atoms with van der Waals surface area (Å²) < 4.78 is 5.58. The van der Waals surface area contributed by atoms with E-state index in [2.05, 4.69) is 19.9 Å². The molecule has 4 rings (SSSR count). The lowest BCUT2D eigenvalue weighted by Gasteiger charge is -2.30. The summed E-state index contributed by atoms with van der Waals surface area (Å²) in [5.41, 5.74) is 0.731. The van der Waals surface area contributed by atoms with Crippen LogP contribution < -0.4 is 0 Å². The van der Waals surface area contributed by atoms with Gasteiger partial charge < -0.3 is 9.72 Å². The molecule has 1 aliphatic heterocycles. The summed E-state index contributed by atoms with van der Waals surface area (Å²) in [5, 5.41) is 0.205. The number of imidazole rings is 1. The van der Waals surface area contributed by atoms with E-state index in [0.717, 1.165) is 29.9 Å². The average molecular weight is 362 g/mol.